The first-order valence-corrected chi connectivity index (χ1v) is 13.4. The average Bonchev–Trinajstić information content (AvgIpc) is 3.06. The lowest BCUT2D eigenvalue weighted by Crippen LogP contribution is -2.50. The van der Waals surface area contributed by atoms with E-state index >= 15 is 0 Å². The average molecular weight is 428 g/mol. The standard InChI is InChI=1S/C27H46O.C2H3N/c1-18(2)7-6-8-19(3)23-11-12-24-22-10-9-20-17-21(28)13-15-26(20,4)25(22)14-16-27(23,24)5;1-2-3/h9,18-19,21-25,28H,6-8,10-17H2,1-5H3;1H3/t19?,21-,22-,23+,24-,25-,26-,27+;/m0./s1. The summed E-state index contributed by atoms with van der Waals surface area (Å²) in [6.07, 6.45) is 17.2. The van der Waals surface area contributed by atoms with Crippen molar-refractivity contribution in [1.82, 2.24) is 0 Å². The van der Waals surface area contributed by atoms with Crippen LogP contribution < -0.4 is 0 Å². The molecule has 3 fully saturated rings. The molecule has 0 saturated heterocycles. The number of hydrogen-bond donors (Lipinski definition) is 1. The van der Waals surface area contributed by atoms with Gasteiger partial charge in [0.2, 0.25) is 0 Å². The molecule has 8 atom stereocenters. The predicted octanol–water partition coefficient (Wildman–Crippen LogP) is 7.92. The van der Waals surface area contributed by atoms with Crippen molar-refractivity contribution in [2.45, 2.75) is 118 Å². The third-order valence-corrected chi connectivity index (χ3v) is 10.3. The van der Waals surface area contributed by atoms with Crippen molar-refractivity contribution in [2.24, 2.45) is 46.3 Å². The van der Waals surface area contributed by atoms with E-state index in [2.05, 4.69) is 40.7 Å². The number of hydrogen-bond acceptors (Lipinski definition) is 2. The van der Waals surface area contributed by atoms with Crippen molar-refractivity contribution in [3.05, 3.63) is 11.6 Å². The summed E-state index contributed by atoms with van der Waals surface area (Å²) < 4.78 is 0. The molecule has 3 saturated carbocycles. The largest absolute Gasteiger partial charge is 0.393 e. The SMILES string of the molecule is CC#N.CC(C)CCCC(C)[C@H]1CC[C@H]2[C@@H]3CC=C4C[C@@H](O)CC[C@]4(C)[C@H]3CC[C@]12C. The van der Waals surface area contributed by atoms with Gasteiger partial charge in [0.25, 0.3) is 0 Å². The van der Waals surface area contributed by atoms with E-state index in [4.69, 9.17) is 5.26 Å². The van der Waals surface area contributed by atoms with Crippen LogP contribution in [0.25, 0.3) is 0 Å². The maximum absolute atomic E-state index is 10.2. The number of nitriles is 1. The Balaban J connectivity index is 0.000000858. The van der Waals surface area contributed by atoms with Crippen molar-refractivity contribution >= 4 is 0 Å². The normalized spacial score (nSPS) is 42.3. The Morgan fingerprint density at radius 3 is 2.45 bits per heavy atom. The highest BCUT2D eigenvalue weighted by Crippen LogP contribution is 2.67. The second kappa shape index (κ2) is 9.99. The molecular formula is C29H49NO. The minimum absolute atomic E-state index is 0.0766. The summed E-state index contributed by atoms with van der Waals surface area (Å²) in [5.41, 5.74) is 2.60. The summed E-state index contributed by atoms with van der Waals surface area (Å²) in [5, 5.41) is 17.5. The Kier molecular flexibility index (Phi) is 8.00. The van der Waals surface area contributed by atoms with Gasteiger partial charge in [-0.1, -0.05) is 65.5 Å². The Hall–Kier alpha value is -0.810. The van der Waals surface area contributed by atoms with E-state index in [1.165, 1.54) is 64.7 Å². The van der Waals surface area contributed by atoms with E-state index < -0.39 is 0 Å². The summed E-state index contributed by atoms with van der Waals surface area (Å²) in [7, 11) is 0. The Morgan fingerprint density at radius 1 is 1.06 bits per heavy atom. The third-order valence-electron chi connectivity index (χ3n) is 10.3. The monoisotopic (exact) mass is 427 g/mol. The summed E-state index contributed by atoms with van der Waals surface area (Å²) >= 11 is 0. The van der Waals surface area contributed by atoms with Crippen molar-refractivity contribution in [2.75, 3.05) is 0 Å². The molecule has 0 aliphatic heterocycles. The van der Waals surface area contributed by atoms with Gasteiger partial charge in [-0.25, -0.2) is 0 Å². The second-order valence-electron chi connectivity index (χ2n) is 12.4. The molecule has 2 nitrogen and oxygen atoms in total. The summed E-state index contributed by atoms with van der Waals surface area (Å²) in [6, 6.07) is 1.75. The number of aliphatic hydroxyl groups excluding tert-OH is 1. The fourth-order valence-electron chi connectivity index (χ4n) is 8.67. The molecular weight excluding hydrogens is 378 g/mol. The zero-order chi connectivity index (χ0) is 22.8. The van der Waals surface area contributed by atoms with Crippen LogP contribution in [0.2, 0.25) is 0 Å². The number of nitrogens with zero attached hydrogens (tertiary/aromatic N) is 1. The van der Waals surface area contributed by atoms with E-state index in [9.17, 15) is 5.11 Å². The Labute approximate surface area is 192 Å². The zero-order valence-electron chi connectivity index (χ0n) is 21.3. The maximum Gasteiger partial charge on any atom is 0.0587 e. The van der Waals surface area contributed by atoms with Gasteiger partial charge in [-0.05, 0) is 97.7 Å². The van der Waals surface area contributed by atoms with Crippen LogP contribution in [0.1, 0.15) is 112 Å². The van der Waals surface area contributed by atoms with Gasteiger partial charge >= 0.3 is 0 Å². The molecule has 1 N–H and O–H groups in total. The van der Waals surface area contributed by atoms with E-state index in [0.717, 1.165) is 48.3 Å². The van der Waals surface area contributed by atoms with Crippen LogP contribution in [0.4, 0.5) is 0 Å². The lowest BCUT2D eigenvalue weighted by molar-refractivity contribution is -0.0573. The first-order valence-electron chi connectivity index (χ1n) is 13.4. The van der Waals surface area contributed by atoms with Gasteiger partial charge in [0.05, 0.1) is 12.2 Å². The van der Waals surface area contributed by atoms with Crippen LogP contribution in [0, 0.1) is 57.7 Å². The number of rotatable bonds is 5. The topological polar surface area (TPSA) is 44.0 Å². The van der Waals surface area contributed by atoms with E-state index in [1.54, 1.807) is 11.6 Å². The molecule has 1 unspecified atom stereocenters. The molecule has 4 rings (SSSR count). The van der Waals surface area contributed by atoms with E-state index in [1.807, 2.05) is 0 Å². The Bertz CT molecular complexity index is 675. The number of aliphatic hydroxyl groups is 1. The minimum atomic E-state index is -0.0766. The van der Waals surface area contributed by atoms with Crippen LogP contribution in [-0.2, 0) is 0 Å². The fraction of sp³-hybridized carbons (Fsp3) is 0.897. The van der Waals surface area contributed by atoms with Gasteiger partial charge < -0.3 is 5.11 Å². The van der Waals surface area contributed by atoms with Crippen LogP contribution >= 0.6 is 0 Å². The molecule has 0 aromatic heterocycles. The molecule has 0 amide bonds. The van der Waals surface area contributed by atoms with Crippen molar-refractivity contribution in [3.8, 4) is 6.07 Å². The quantitative estimate of drug-likeness (QED) is 0.453. The summed E-state index contributed by atoms with van der Waals surface area (Å²) in [5.74, 6) is 5.46. The number of fused-ring (bicyclic) bond motifs is 5. The molecule has 0 heterocycles. The van der Waals surface area contributed by atoms with Gasteiger partial charge in [-0.2, -0.15) is 5.26 Å². The lowest BCUT2D eigenvalue weighted by Gasteiger charge is -2.58. The first-order chi connectivity index (χ1) is 14.7. The van der Waals surface area contributed by atoms with Gasteiger partial charge in [0.15, 0.2) is 0 Å². The molecule has 0 bridgehead atoms. The highest BCUT2D eigenvalue weighted by Gasteiger charge is 2.59. The van der Waals surface area contributed by atoms with Crippen LogP contribution in [0.3, 0.4) is 0 Å². The summed E-state index contributed by atoms with van der Waals surface area (Å²) in [6.45, 7) is 14.0. The Morgan fingerprint density at radius 2 is 1.77 bits per heavy atom. The molecule has 0 aromatic rings. The molecule has 0 aromatic carbocycles. The molecule has 176 valence electrons. The predicted molar refractivity (Wildman–Crippen MR) is 130 cm³/mol. The zero-order valence-corrected chi connectivity index (χ0v) is 21.3. The number of allylic oxidation sites excluding steroid dienone is 1. The molecule has 31 heavy (non-hydrogen) atoms. The second-order valence-corrected chi connectivity index (χ2v) is 12.4. The van der Waals surface area contributed by atoms with Crippen LogP contribution in [0.15, 0.2) is 11.6 Å². The molecule has 2 heteroatoms. The van der Waals surface area contributed by atoms with Crippen molar-refractivity contribution < 1.29 is 5.11 Å². The van der Waals surface area contributed by atoms with Gasteiger partial charge in [-0.3, -0.25) is 0 Å². The fourth-order valence-corrected chi connectivity index (χ4v) is 8.67. The highest BCUT2D eigenvalue weighted by molar-refractivity contribution is 5.25. The molecule has 4 aliphatic carbocycles. The van der Waals surface area contributed by atoms with Gasteiger partial charge in [0.1, 0.15) is 0 Å². The first kappa shape index (κ1) is 24.8. The minimum Gasteiger partial charge on any atom is -0.393 e. The highest BCUT2D eigenvalue weighted by atomic mass is 16.3. The van der Waals surface area contributed by atoms with Gasteiger partial charge in [0, 0.05) is 6.92 Å². The van der Waals surface area contributed by atoms with Crippen LogP contribution in [0.5, 0.6) is 0 Å². The van der Waals surface area contributed by atoms with E-state index in [-0.39, 0.29) is 6.10 Å². The molecule has 0 radical (unpaired) electrons. The smallest absolute Gasteiger partial charge is 0.0587 e. The van der Waals surface area contributed by atoms with Gasteiger partial charge in [-0.15, -0.1) is 0 Å². The molecule has 4 aliphatic rings. The third kappa shape index (κ3) is 4.78. The summed E-state index contributed by atoms with van der Waals surface area (Å²) in [4.78, 5) is 0. The van der Waals surface area contributed by atoms with Crippen LogP contribution in [-0.4, -0.2) is 11.2 Å². The molecule has 0 spiro atoms. The van der Waals surface area contributed by atoms with E-state index in [0.29, 0.717) is 10.8 Å². The van der Waals surface area contributed by atoms with Crippen molar-refractivity contribution in [1.29, 1.82) is 5.26 Å². The van der Waals surface area contributed by atoms with Crippen molar-refractivity contribution in [3.63, 3.8) is 0 Å². The maximum atomic E-state index is 10.2. The lowest BCUT2D eigenvalue weighted by atomic mass is 9.47.